The fourth-order valence-corrected chi connectivity index (χ4v) is 3.55. The molecule has 4 atom stereocenters. The van der Waals surface area contributed by atoms with Crippen LogP contribution in [-0.4, -0.2) is 41.0 Å². The van der Waals surface area contributed by atoms with Crippen LogP contribution in [0.1, 0.15) is 59.8 Å². The molecule has 2 aliphatic rings. The Morgan fingerprint density at radius 1 is 1.35 bits per heavy atom. The zero-order valence-corrected chi connectivity index (χ0v) is 13.5. The molecule has 1 amide bonds. The van der Waals surface area contributed by atoms with E-state index in [1.807, 2.05) is 6.92 Å². The number of nitrogens with zero attached hydrogens (tertiary/aromatic N) is 1. The molecule has 20 heavy (non-hydrogen) atoms. The molecule has 0 radical (unpaired) electrons. The maximum atomic E-state index is 11.9. The molecule has 3 N–H and O–H groups in total. The lowest BCUT2D eigenvalue weighted by Crippen LogP contribution is -2.58. The van der Waals surface area contributed by atoms with Crippen molar-refractivity contribution in [3.05, 3.63) is 0 Å². The maximum absolute atomic E-state index is 11.9. The minimum absolute atomic E-state index is 0.214. The van der Waals surface area contributed by atoms with Crippen molar-refractivity contribution in [2.75, 3.05) is 6.54 Å². The molecule has 4 heteroatoms. The summed E-state index contributed by atoms with van der Waals surface area (Å²) in [6.45, 7) is 9.98. The lowest BCUT2D eigenvalue weighted by Gasteiger charge is -2.43. The lowest BCUT2D eigenvalue weighted by atomic mass is 9.88. The summed E-state index contributed by atoms with van der Waals surface area (Å²) in [7, 11) is 0. The van der Waals surface area contributed by atoms with Crippen LogP contribution in [0.5, 0.6) is 0 Å². The molecule has 1 aliphatic carbocycles. The molecule has 4 unspecified atom stereocenters. The van der Waals surface area contributed by atoms with Gasteiger partial charge in [0.15, 0.2) is 0 Å². The second-order valence-electron chi connectivity index (χ2n) is 7.40. The molecular weight excluding hydrogens is 250 g/mol. The zero-order chi connectivity index (χ0) is 14.9. The number of nitrogens with one attached hydrogen (secondary N) is 1. The highest BCUT2D eigenvalue weighted by Crippen LogP contribution is 2.29. The van der Waals surface area contributed by atoms with Gasteiger partial charge in [-0.2, -0.15) is 0 Å². The van der Waals surface area contributed by atoms with Gasteiger partial charge in [0.25, 0.3) is 0 Å². The molecule has 116 valence electrons. The molecule has 1 aliphatic heterocycles. The first-order valence-corrected chi connectivity index (χ1v) is 8.15. The van der Waals surface area contributed by atoms with Crippen LogP contribution < -0.4 is 11.1 Å². The fraction of sp³-hybridized carbons (Fsp3) is 0.938. The number of amides is 1. The van der Waals surface area contributed by atoms with E-state index in [9.17, 15) is 4.79 Å². The summed E-state index contributed by atoms with van der Waals surface area (Å²) in [6, 6.07) is 1.49. The number of hydrogen-bond acceptors (Lipinski definition) is 3. The summed E-state index contributed by atoms with van der Waals surface area (Å²) >= 11 is 0. The number of nitrogens with two attached hydrogens (primary N) is 1. The molecular formula is C16H31N3O. The second kappa shape index (κ2) is 6.02. The number of likely N-dealkylation sites (tertiary alicyclic amines) is 1. The average molecular weight is 281 g/mol. The third-order valence-corrected chi connectivity index (χ3v) is 5.08. The standard InChI is InChI=1S/C16H31N3O/c1-11-5-6-12(2)19(10-11)13(3)9-16(4,15(17)20)18-14-7-8-14/h11-14,18H,5-10H2,1-4H3,(H2,17,20). The quantitative estimate of drug-likeness (QED) is 0.781. The highest BCUT2D eigenvalue weighted by Gasteiger charge is 2.40. The molecule has 1 saturated carbocycles. The van der Waals surface area contributed by atoms with E-state index in [0.29, 0.717) is 18.1 Å². The summed E-state index contributed by atoms with van der Waals surface area (Å²) in [5.41, 5.74) is 5.10. The molecule has 2 fully saturated rings. The van der Waals surface area contributed by atoms with Crippen LogP contribution in [0.25, 0.3) is 0 Å². The molecule has 1 saturated heterocycles. The van der Waals surface area contributed by atoms with Gasteiger partial charge in [0.1, 0.15) is 0 Å². The minimum atomic E-state index is -0.568. The van der Waals surface area contributed by atoms with E-state index in [2.05, 4.69) is 31.0 Å². The van der Waals surface area contributed by atoms with Crippen LogP contribution in [0.15, 0.2) is 0 Å². The largest absolute Gasteiger partial charge is 0.368 e. The van der Waals surface area contributed by atoms with E-state index in [-0.39, 0.29) is 5.91 Å². The Morgan fingerprint density at radius 3 is 2.55 bits per heavy atom. The Morgan fingerprint density at radius 2 is 2.00 bits per heavy atom. The number of carbonyl (C=O) groups excluding carboxylic acids is 1. The van der Waals surface area contributed by atoms with Crippen molar-refractivity contribution in [1.29, 1.82) is 0 Å². The van der Waals surface area contributed by atoms with Crippen LogP contribution in [0.3, 0.4) is 0 Å². The van der Waals surface area contributed by atoms with Gasteiger partial charge in [-0.05, 0) is 58.8 Å². The second-order valence-corrected chi connectivity index (χ2v) is 7.40. The first-order chi connectivity index (χ1) is 9.32. The normalized spacial score (nSPS) is 32.6. The summed E-state index contributed by atoms with van der Waals surface area (Å²) in [5.74, 6) is 0.541. The van der Waals surface area contributed by atoms with E-state index < -0.39 is 5.54 Å². The predicted molar refractivity (Wildman–Crippen MR) is 82.4 cm³/mol. The van der Waals surface area contributed by atoms with Gasteiger partial charge >= 0.3 is 0 Å². The summed E-state index contributed by atoms with van der Waals surface area (Å²) < 4.78 is 0. The number of piperidine rings is 1. The number of hydrogen-bond donors (Lipinski definition) is 2. The average Bonchev–Trinajstić information content (AvgIpc) is 3.15. The molecule has 4 nitrogen and oxygen atoms in total. The van der Waals surface area contributed by atoms with Gasteiger partial charge in [-0.3, -0.25) is 9.69 Å². The maximum Gasteiger partial charge on any atom is 0.237 e. The Balaban J connectivity index is 1.99. The summed E-state index contributed by atoms with van der Waals surface area (Å²) in [5, 5.41) is 3.46. The lowest BCUT2D eigenvalue weighted by molar-refractivity contribution is -0.125. The van der Waals surface area contributed by atoms with Crippen molar-refractivity contribution in [1.82, 2.24) is 10.2 Å². The Labute approximate surface area is 123 Å². The van der Waals surface area contributed by atoms with Crippen LogP contribution in [0.2, 0.25) is 0 Å². The molecule has 2 rings (SSSR count). The highest BCUT2D eigenvalue weighted by atomic mass is 16.1. The Bertz CT molecular complexity index is 356. The molecule has 0 aromatic carbocycles. The van der Waals surface area contributed by atoms with E-state index in [0.717, 1.165) is 18.9 Å². The number of rotatable bonds is 6. The van der Waals surface area contributed by atoms with Gasteiger partial charge in [0.05, 0.1) is 5.54 Å². The Kier molecular flexibility index (Phi) is 4.75. The monoisotopic (exact) mass is 281 g/mol. The third-order valence-electron chi connectivity index (χ3n) is 5.08. The van der Waals surface area contributed by atoms with Crippen molar-refractivity contribution in [3.8, 4) is 0 Å². The van der Waals surface area contributed by atoms with E-state index in [1.54, 1.807) is 0 Å². The summed E-state index contributed by atoms with van der Waals surface area (Å²) in [4.78, 5) is 14.4. The highest BCUT2D eigenvalue weighted by molar-refractivity contribution is 5.84. The number of primary amides is 1. The fourth-order valence-electron chi connectivity index (χ4n) is 3.55. The first kappa shape index (κ1) is 15.8. The van der Waals surface area contributed by atoms with Crippen molar-refractivity contribution in [2.45, 2.75) is 83.5 Å². The van der Waals surface area contributed by atoms with Gasteiger partial charge < -0.3 is 11.1 Å². The zero-order valence-electron chi connectivity index (χ0n) is 13.5. The SMILES string of the molecule is CC1CCC(C)N(C(C)CC(C)(NC2CC2)C(N)=O)C1. The van der Waals surface area contributed by atoms with Crippen molar-refractivity contribution < 1.29 is 4.79 Å². The summed E-state index contributed by atoms with van der Waals surface area (Å²) in [6.07, 6.45) is 5.73. The first-order valence-electron chi connectivity index (χ1n) is 8.15. The van der Waals surface area contributed by atoms with Crippen molar-refractivity contribution >= 4 is 5.91 Å². The van der Waals surface area contributed by atoms with Crippen molar-refractivity contribution in [3.63, 3.8) is 0 Å². The van der Waals surface area contributed by atoms with E-state index in [1.165, 1.54) is 25.7 Å². The van der Waals surface area contributed by atoms with Gasteiger partial charge in [0, 0.05) is 24.7 Å². The van der Waals surface area contributed by atoms with Gasteiger partial charge in [-0.25, -0.2) is 0 Å². The Hall–Kier alpha value is -0.610. The van der Waals surface area contributed by atoms with Gasteiger partial charge in [-0.15, -0.1) is 0 Å². The van der Waals surface area contributed by atoms with Crippen LogP contribution >= 0.6 is 0 Å². The van der Waals surface area contributed by atoms with Crippen LogP contribution in [0, 0.1) is 5.92 Å². The van der Waals surface area contributed by atoms with Gasteiger partial charge in [-0.1, -0.05) is 6.92 Å². The van der Waals surface area contributed by atoms with E-state index in [4.69, 9.17) is 5.73 Å². The van der Waals surface area contributed by atoms with Crippen molar-refractivity contribution in [2.24, 2.45) is 11.7 Å². The molecule has 0 spiro atoms. The minimum Gasteiger partial charge on any atom is -0.368 e. The topological polar surface area (TPSA) is 58.4 Å². The predicted octanol–water partition coefficient (Wildman–Crippen LogP) is 1.88. The van der Waals surface area contributed by atoms with Crippen LogP contribution in [-0.2, 0) is 4.79 Å². The molecule has 0 aromatic heterocycles. The molecule has 0 bridgehead atoms. The number of carbonyl (C=O) groups is 1. The van der Waals surface area contributed by atoms with Crippen LogP contribution in [0.4, 0.5) is 0 Å². The van der Waals surface area contributed by atoms with E-state index >= 15 is 0 Å². The third kappa shape index (κ3) is 3.73. The molecule has 0 aromatic rings. The molecule has 1 heterocycles. The smallest absolute Gasteiger partial charge is 0.237 e. The van der Waals surface area contributed by atoms with Gasteiger partial charge in [0.2, 0.25) is 5.91 Å².